The van der Waals surface area contributed by atoms with E-state index in [9.17, 15) is 9.59 Å². The van der Waals surface area contributed by atoms with Gasteiger partial charge in [0.15, 0.2) is 5.13 Å². The van der Waals surface area contributed by atoms with Crippen molar-refractivity contribution in [1.29, 1.82) is 0 Å². The molecule has 140 valence electrons. The fraction of sp³-hybridized carbons (Fsp3) is 0.250. The van der Waals surface area contributed by atoms with Gasteiger partial charge in [-0.1, -0.05) is 67.6 Å². The summed E-state index contributed by atoms with van der Waals surface area (Å²) in [6, 6.07) is 16.3. The zero-order valence-corrected chi connectivity index (χ0v) is 16.0. The number of thiazole rings is 1. The van der Waals surface area contributed by atoms with E-state index in [1.807, 2.05) is 68.4 Å². The molecular weight excluding hydrogens is 362 g/mol. The highest BCUT2D eigenvalue weighted by Crippen LogP contribution is 2.25. The van der Waals surface area contributed by atoms with E-state index in [1.54, 1.807) is 0 Å². The van der Waals surface area contributed by atoms with Gasteiger partial charge in [0.1, 0.15) is 12.6 Å². The first-order chi connectivity index (χ1) is 13.0. The van der Waals surface area contributed by atoms with Crippen LogP contribution in [-0.2, 0) is 16.1 Å². The van der Waals surface area contributed by atoms with Crippen molar-refractivity contribution in [1.82, 2.24) is 10.3 Å². The molecule has 0 unspecified atom stereocenters. The van der Waals surface area contributed by atoms with Crippen LogP contribution in [0.3, 0.4) is 0 Å². The van der Waals surface area contributed by atoms with Crippen molar-refractivity contribution in [2.24, 2.45) is 5.92 Å². The van der Waals surface area contributed by atoms with E-state index in [1.165, 1.54) is 11.3 Å². The molecule has 0 saturated heterocycles. The summed E-state index contributed by atoms with van der Waals surface area (Å²) in [6.45, 7) is 3.87. The van der Waals surface area contributed by atoms with Crippen molar-refractivity contribution < 1.29 is 14.3 Å². The Morgan fingerprint density at radius 1 is 1.07 bits per heavy atom. The Morgan fingerprint density at radius 3 is 2.48 bits per heavy atom. The molecule has 2 N–H and O–H groups in total. The van der Waals surface area contributed by atoms with E-state index < -0.39 is 12.1 Å². The summed E-state index contributed by atoms with van der Waals surface area (Å²) < 4.78 is 6.20. The zero-order valence-electron chi connectivity index (χ0n) is 15.1. The van der Waals surface area contributed by atoms with Crippen molar-refractivity contribution >= 4 is 38.7 Å². The Morgan fingerprint density at radius 2 is 1.78 bits per heavy atom. The number of carbonyl (C=O) groups excluding carboxylic acids is 2. The number of carbonyl (C=O) groups is 2. The smallest absolute Gasteiger partial charge is 0.408 e. The van der Waals surface area contributed by atoms with E-state index in [2.05, 4.69) is 15.6 Å². The first-order valence-corrected chi connectivity index (χ1v) is 9.48. The Kier molecular flexibility index (Phi) is 6.03. The Balaban J connectivity index is 1.60. The topological polar surface area (TPSA) is 80.3 Å². The number of anilines is 1. The van der Waals surface area contributed by atoms with Gasteiger partial charge in [0.2, 0.25) is 5.91 Å². The monoisotopic (exact) mass is 383 g/mol. The molecule has 3 aromatic rings. The van der Waals surface area contributed by atoms with Crippen LogP contribution in [0.1, 0.15) is 19.4 Å². The number of nitrogens with one attached hydrogen (secondary N) is 2. The number of hydrogen-bond acceptors (Lipinski definition) is 5. The Hall–Kier alpha value is -2.93. The van der Waals surface area contributed by atoms with Crippen LogP contribution in [0.25, 0.3) is 10.2 Å². The number of alkyl carbamates (subject to hydrolysis) is 1. The van der Waals surface area contributed by atoms with Crippen LogP contribution in [-0.4, -0.2) is 23.0 Å². The van der Waals surface area contributed by atoms with Crippen LogP contribution < -0.4 is 10.6 Å². The predicted octanol–water partition coefficient (Wildman–Crippen LogP) is 4.19. The quantitative estimate of drug-likeness (QED) is 0.669. The summed E-state index contributed by atoms with van der Waals surface area (Å²) in [6.07, 6.45) is -0.628. The van der Waals surface area contributed by atoms with Gasteiger partial charge >= 0.3 is 6.09 Å². The summed E-state index contributed by atoms with van der Waals surface area (Å²) >= 11 is 1.39. The standard InChI is InChI=1S/C20H21N3O3S/c1-13(2)17(22-20(25)26-12-14-8-4-3-5-9-14)18(24)23-19-21-15-10-6-7-11-16(15)27-19/h3-11,13,17H,12H2,1-2H3,(H,22,25)(H,21,23,24)/t17-/m0/s1. The molecule has 0 bridgehead atoms. The lowest BCUT2D eigenvalue weighted by atomic mass is 10.0. The number of nitrogens with zero attached hydrogens (tertiary/aromatic N) is 1. The van der Waals surface area contributed by atoms with Gasteiger partial charge in [0, 0.05) is 0 Å². The van der Waals surface area contributed by atoms with E-state index in [0.717, 1.165) is 15.8 Å². The maximum atomic E-state index is 12.6. The van der Waals surface area contributed by atoms with Gasteiger partial charge in [-0.2, -0.15) is 0 Å². The average molecular weight is 383 g/mol. The summed E-state index contributed by atoms with van der Waals surface area (Å²) in [5.74, 6) is -0.427. The fourth-order valence-electron chi connectivity index (χ4n) is 2.54. The number of hydrogen-bond donors (Lipinski definition) is 2. The first-order valence-electron chi connectivity index (χ1n) is 8.66. The van der Waals surface area contributed by atoms with Crippen molar-refractivity contribution in [3.63, 3.8) is 0 Å². The largest absolute Gasteiger partial charge is 0.445 e. The molecule has 27 heavy (non-hydrogen) atoms. The highest BCUT2D eigenvalue weighted by atomic mass is 32.1. The maximum Gasteiger partial charge on any atom is 0.408 e. The van der Waals surface area contributed by atoms with Gasteiger partial charge in [0.05, 0.1) is 10.2 Å². The first kappa shape index (κ1) is 18.8. The van der Waals surface area contributed by atoms with Gasteiger partial charge < -0.3 is 15.4 Å². The van der Waals surface area contributed by atoms with Crippen molar-refractivity contribution in [3.05, 3.63) is 60.2 Å². The number of para-hydroxylation sites is 1. The second kappa shape index (κ2) is 8.64. The lowest BCUT2D eigenvalue weighted by Gasteiger charge is -2.20. The van der Waals surface area contributed by atoms with Gasteiger partial charge in [-0.05, 0) is 23.6 Å². The van der Waals surface area contributed by atoms with Crippen molar-refractivity contribution in [2.45, 2.75) is 26.5 Å². The fourth-order valence-corrected chi connectivity index (χ4v) is 3.40. The van der Waals surface area contributed by atoms with Crippen LogP contribution >= 0.6 is 11.3 Å². The summed E-state index contributed by atoms with van der Waals surface area (Å²) in [7, 11) is 0. The molecule has 6 nitrogen and oxygen atoms in total. The molecule has 0 aliphatic heterocycles. The molecule has 1 aromatic heterocycles. The van der Waals surface area contributed by atoms with Crippen molar-refractivity contribution in [2.75, 3.05) is 5.32 Å². The zero-order chi connectivity index (χ0) is 19.2. The highest BCUT2D eigenvalue weighted by molar-refractivity contribution is 7.22. The molecular formula is C20H21N3O3S. The predicted molar refractivity (Wildman–Crippen MR) is 107 cm³/mol. The van der Waals surface area contributed by atoms with Gasteiger partial charge in [0.25, 0.3) is 0 Å². The molecule has 3 rings (SSSR count). The van der Waals surface area contributed by atoms with E-state index in [0.29, 0.717) is 5.13 Å². The minimum atomic E-state index is -0.722. The third-order valence-electron chi connectivity index (χ3n) is 3.96. The molecule has 0 aliphatic carbocycles. The molecule has 0 spiro atoms. The van der Waals surface area contributed by atoms with Crippen LogP contribution in [0.2, 0.25) is 0 Å². The molecule has 0 fully saturated rings. The molecule has 0 saturated carbocycles. The third-order valence-corrected chi connectivity index (χ3v) is 4.91. The molecule has 1 heterocycles. The molecule has 0 radical (unpaired) electrons. The average Bonchev–Trinajstić information content (AvgIpc) is 3.07. The number of aromatic nitrogens is 1. The second-order valence-electron chi connectivity index (χ2n) is 6.40. The maximum absolute atomic E-state index is 12.6. The summed E-state index contributed by atoms with van der Waals surface area (Å²) in [5.41, 5.74) is 1.71. The molecule has 2 aromatic carbocycles. The number of fused-ring (bicyclic) bond motifs is 1. The number of rotatable bonds is 6. The van der Waals surface area contributed by atoms with Crippen LogP contribution in [0.4, 0.5) is 9.93 Å². The number of amides is 2. The third kappa shape index (κ3) is 5.04. The normalized spacial score (nSPS) is 12.0. The van der Waals surface area contributed by atoms with Crippen LogP contribution in [0.5, 0.6) is 0 Å². The Bertz CT molecular complexity index is 891. The summed E-state index contributed by atoms with van der Waals surface area (Å²) in [5, 5.41) is 5.94. The lowest BCUT2D eigenvalue weighted by molar-refractivity contribution is -0.119. The van der Waals surface area contributed by atoms with Gasteiger partial charge in [-0.3, -0.25) is 4.79 Å². The minimum absolute atomic E-state index is 0.108. The van der Waals surface area contributed by atoms with Crippen molar-refractivity contribution in [3.8, 4) is 0 Å². The molecule has 2 amide bonds. The van der Waals surface area contributed by atoms with Crippen LogP contribution in [0, 0.1) is 5.92 Å². The SMILES string of the molecule is CC(C)[C@H](NC(=O)OCc1ccccc1)C(=O)Nc1nc2ccccc2s1. The molecule has 0 aliphatic rings. The highest BCUT2D eigenvalue weighted by Gasteiger charge is 2.25. The summed E-state index contributed by atoms with van der Waals surface area (Å²) in [4.78, 5) is 29.1. The lowest BCUT2D eigenvalue weighted by Crippen LogP contribution is -2.47. The number of benzene rings is 2. The molecule has 7 heteroatoms. The van der Waals surface area contributed by atoms with Gasteiger partial charge in [-0.25, -0.2) is 9.78 Å². The van der Waals surface area contributed by atoms with E-state index in [4.69, 9.17) is 4.74 Å². The van der Waals surface area contributed by atoms with Crippen LogP contribution in [0.15, 0.2) is 54.6 Å². The molecule has 1 atom stereocenters. The number of ether oxygens (including phenoxy) is 1. The Labute approximate surface area is 161 Å². The van der Waals surface area contributed by atoms with Gasteiger partial charge in [-0.15, -0.1) is 0 Å². The minimum Gasteiger partial charge on any atom is -0.445 e. The van der Waals surface area contributed by atoms with E-state index >= 15 is 0 Å². The van der Waals surface area contributed by atoms with E-state index in [-0.39, 0.29) is 18.4 Å². The second-order valence-corrected chi connectivity index (χ2v) is 7.43.